The van der Waals surface area contributed by atoms with Gasteiger partial charge in [0.15, 0.2) is 0 Å². The van der Waals surface area contributed by atoms with Gasteiger partial charge in [0.05, 0.1) is 16.5 Å². The first kappa shape index (κ1) is 15.8. The highest BCUT2D eigenvalue weighted by atomic mass is 35.5. The summed E-state index contributed by atoms with van der Waals surface area (Å²) in [7, 11) is 0. The molecule has 6 heteroatoms. The van der Waals surface area contributed by atoms with E-state index < -0.39 is 29.2 Å². The van der Waals surface area contributed by atoms with Crippen LogP contribution in [-0.4, -0.2) is 22.5 Å². The molecule has 1 aliphatic carbocycles. The van der Waals surface area contributed by atoms with Crippen LogP contribution >= 0.6 is 11.6 Å². The van der Waals surface area contributed by atoms with Crippen LogP contribution in [0.3, 0.4) is 0 Å². The highest BCUT2D eigenvalue weighted by molar-refractivity contribution is 6.30. The van der Waals surface area contributed by atoms with Gasteiger partial charge in [-0.15, -0.1) is 0 Å². The average Bonchev–Trinajstić information content (AvgIpc) is 2.41. The van der Waals surface area contributed by atoms with Crippen LogP contribution in [0.1, 0.15) is 43.0 Å². The van der Waals surface area contributed by atoms with Crippen LogP contribution in [0.5, 0.6) is 0 Å². The lowest BCUT2D eigenvalue weighted by Crippen LogP contribution is -2.55. The van der Waals surface area contributed by atoms with Crippen molar-refractivity contribution >= 4 is 23.5 Å². The lowest BCUT2D eigenvalue weighted by molar-refractivity contribution is -0.145. The standard InChI is InChI=1S/C15H17ClFNO3/c1-15(7-3-2-4-10(15)14(20)21)18-13(19)9-5-6-11(16)12(17)8-9/h5-6,8,10H,2-4,7H2,1H3,(H,18,19)(H,20,21). The predicted octanol–water partition coefficient (Wildman–Crippen LogP) is 3.24. The van der Waals surface area contributed by atoms with Crippen molar-refractivity contribution in [2.45, 2.75) is 38.1 Å². The van der Waals surface area contributed by atoms with Crippen molar-refractivity contribution < 1.29 is 19.1 Å². The van der Waals surface area contributed by atoms with E-state index in [-0.39, 0.29) is 10.6 Å². The smallest absolute Gasteiger partial charge is 0.308 e. The first-order valence-corrected chi connectivity index (χ1v) is 7.21. The third-order valence-corrected chi connectivity index (χ3v) is 4.39. The molecule has 2 unspecified atom stereocenters. The molecule has 21 heavy (non-hydrogen) atoms. The van der Waals surface area contributed by atoms with Crippen LogP contribution in [0.15, 0.2) is 18.2 Å². The molecular weight excluding hydrogens is 297 g/mol. The molecule has 0 spiro atoms. The maximum Gasteiger partial charge on any atom is 0.308 e. The second kappa shape index (κ2) is 6.02. The molecule has 0 bridgehead atoms. The zero-order valence-electron chi connectivity index (χ0n) is 11.7. The molecule has 0 aliphatic heterocycles. The van der Waals surface area contributed by atoms with Gasteiger partial charge in [0.1, 0.15) is 5.82 Å². The quantitative estimate of drug-likeness (QED) is 0.900. The fraction of sp³-hybridized carbons (Fsp3) is 0.467. The SMILES string of the molecule is CC1(NC(=O)c2ccc(Cl)c(F)c2)CCCCC1C(=O)O. The number of rotatable bonds is 3. The van der Waals surface area contributed by atoms with Crippen LogP contribution in [0.2, 0.25) is 5.02 Å². The van der Waals surface area contributed by atoms with Gasteiger partial charge in [0, 0.05) is 5.56 Å². The summed E-state index contributed by atoms with van der Waals surface area (Å²) < 4.78 is 13.4. The second-order valence-electron chi connectivity index (χ2n) is 5.64. The Bertz CT molecular complexity index is 578. The van der Waals surface area contributed by atoms with Gasteiger partial charge in [-0.25, -0.2) is 4.39 Å². The van der Waals surface area contributed by atoms with Crippen molar-refractivity contribution in [1.29, 1.82) is 0 Å². The lowest BCUT2D eigenvalue weighted by Gasteiger charge is -2.39. The van der Waals surface area contributed by atoms with E-state index in [1.807, 2.05) is 0 Å². The number of carboxylic acid groups (broad SMARTS) is 1. The van der Waals surface area contributed by atoms with Crippen LogP contribution in [0.4, 0.5) is 4.39 Å². The van der Waals surface area contributed by atoms with Gasteiger partial charge < -0.3 is 10.4 Å². The maximum atomic E-state index is 13.4. The van der Waals surface area contributed by atoms with E-state index in [0.29, 0.717) is 12.8 Å². The van der Waals surface area contributed by atoms with Gasteiger partial charge in [-0.2, -0.15) is 0 Å². The Morgan fingerprint density at radius 3 is 2.76 bits per heavy atom. The average molecular weight is 314 g/mol. The summed E-state index contributed by atoms with van der Waals surface area (Å²) >= 11 is 5.58. The summed E-state index contributed by atoms with van der Waals surface area (Å²) in [5, 5.41) is 12.0. The molecule has 1 amide bonds. The normalized spacial score (nSPS) is 25.4. The number of halogens is 2. The molecule has 114 valence electrons. The minimum absolute atomic E-state index is 0.0566. The number of benzene rings is 1. The van der Waals surface area contributed by atoms with E-state index >= 15 is 0 Å². The lowest BCUT2D eigenvalue weighted by atomic mass is 9.73. The summed E-state index contributed by atoms with van der Waals surface area (Å²) in [6.45, 7) is 1.73. The van der Waals surface area contributed by atoms with E-state index in [4.69, 9.17) is 11.6 Å². The molecule has 1 aromatic carbocycles. The van der Waals surface area contributed by atoms with Crippen molar-refractivity contribution in [2.24, 2.45) is 5.92 Å². The Labute approximate surface area is 127 Å². The van der Waals surface area contributed by atoms with E-state index in [0.717, 1.165) is 18.9 Å². The molecule has 1 saturated carbocycles. The Morgan fingerprint density at radius 1 is 1.43 bits per heavy atom. The van der Waals surface area contributed by atoms with Crippen molar-refractivity contribution in [3.8, 4) is 0 Å². The molecule has 1 fully saturated rings. The largest absolute Gasteiger partial charge is 0.481 e. The first-order valence-electron chi connectivity index (χ1n) is 6.84. The monoisotopic (exact) mass is 313 g/mol. The number of amides is 1. The Balaban J connectivity index is 2.20. The summed E-state index contributed by atoms with van der Waals surface area (Å²) in [5.41, 5.74) is -0.690. The van der Waals surface area contributed by atoms with Crippen LogP contribution in [0.25, 0.3) is 0 Å². The van der Waals surface area contributed by atoms with Gasteiger partial charge in [-0.3, -0.25) is 9.59 Å². The molecule has 0 radical (unpaired) electrons. The molecule has 0 heterocycles. The fourth-order valence-corrected chi connectivity index (χ4v) is 2.97. The molecule has 2 rings (SSSR count). The van der Waals surface area contributed by atoms with Gasteiger partial charge >= 0.3 is 5.97 Å². The molecular formula is C15H17ClFNO3. The topological polar surface area (TPSA) is 66.4 Å². The fourth-order valence-electron chi connectivity index (χ4n) is 2.85. The third kappa shape index (κ3) is 3.35. The number of hydrogen-bond donors (Lipinski definition) is 2. The van der Waals surface area contributed by atoms with Crippen molar-refractivity contribution in [1.82, 2.24) is 5.32 Å². The van der Waals surface area contributed by atoms with Gasteiger partial charge in [0.2, 0.25) is 0 Å². The van der Waals surface area contributed by atoms with E-state index in [9.17, 15) is 19.1 Å². The van der Waals surface area contributed by atoms with E-state index in [1.165, 1.54) is 12.1 Å². The van der Waals surface area contributed by atoms with E-state index in [1.54, 1.807) is 6.92 Å². The zero-order chi connectivity index (χ0) is 15.6. The molecule has 2 N–H and O–H groups in total. The maximum absolute atomic E-state index is 13.4. The van der Waals surface area contributed by atoms with Crippen molar-refractivity contribution in [2.75, 3.05) is 0 Å². The highest BCUT2D eigenvalue weighted by Gasteiger charge is 2.42. The Morgan fingerprint density at radius 2 is 2.14 bits per heavy atom. The Hall–Kier alpha value is -1.62. The Kier molecular flexibility index (Phi) is 4.52. The molecule has 0 saturated heterocycles. The predicted molar refractivity (Wildman–Crippen MR) is 76.9 cm³/mol. The minimum Gasteiger partial charge on any atom is -0.481 e. The van der Waals surface area contributed by atoms with Crippen LogP contribution in [0, 0.1) is 11.7 Å². The number of nitrogens with one attached hydrogen (secondary N) is 1. The number of aliphatic carboxylic acids is 1. The highest BCUT2D eigenvalue weighted by Crippen LogP contribution is 2.34. The molecule has 2 atom stereocenters. The van der Waals surface area contributed by atoms with Crippen LogP contribution in [-0.2, 0) is 4.79 Å². The number of carboxylic acids is 1. The number of hydrogen-bond acceptors (Lipinski definition) is 2. The second-order valence-corrected chi connectivity index (χ2v) is 6.04. The zero-order valence-corrected chi connectivity index (χ0v) is 12.4. The summed E-state index contributed by atoms with van der Waals surface area (Å²) in [4.78, 5) is 23.6. The summed E-state index contributed by atoms with van der Waals surface area (Å²) in [6.07, 6.45) is 2.81. The first-order chi connectivity index (χ1) is 9.83. The summed E-state index contributed by atoms with van der Waals surface area (Å²) in [6, 6.07) is 3.78. The molecule has 0 aromatic heterocycles. The van der Waals surface area contributed by atoms with Crippen LogP contribution < -0.4 is 5.32 Å². The molecule has 4 nitrogen and oxygen atoms in total. The van der Waals surface area contributed by atoms with Gasteiger partial charge in [0.25, 0.3) is 5.91 Å². The summed E-state index contributed by atoms with van der Waals surface area (Å²) in [5.74, 6) is -2.71. The third-order valence-electron chi connectivity index (χ3n) is 4.09. The van der Waals surface area contributed by atoms with Crippen molar-refractivity contribution in [3.63, 3.8) is 0 Å². The van der Waals surface area contributed by atoms with E-state index in [2.05, 4.69) is 5.32 Å². The molecule has 1 aromatic rings. The molecule has 1 aliphatic rings. The number of carbonyl (C=O) groups is 2. The minimum atomic E-state index is -0.917. The van der Waals surface area contributed by atoms with Gasteiger partial charge in [-0.1, -0.05) is 24.4 Å². The number of carbonyl (C=O) groups excluding carboxylic acids is 1. The van der Waals surface area contributed by atoms with Gasteiger partial charge in [-0.05, 0) is 38.0 Å². The van der Waals surface area contributed by atoms with Crippen molar-refractivity contribution in [3.05, 3.63) is 34.6 Å².